The molecule has 0 unspecified atom stereocenters. The Bertz CT molecular complexity index is 559. The Labute approximate surface area is 109 Å². The van der Waals surface area contributed by atoms with Crippen LogP contribution in [0.15, 0.2) is 16.3 Å². The Morgan fingerprint density at radius 2 is 2.28 bits per heavy atom. The highest BCUT2D eigenvalue weighted by Gasteiger charge is 2.46. The molecule has 2 N–H and O–H groups in total. The van der Waals surface area contributed by atoms with E-state index in [-0.39, 0.29) is 16.4 Å². The van der Waals surface area contributed by atoms with E-state index in [4.69, 9.17) is 5.11 Å². The van der Waals surface area contributed by atoms with Crippen molar-refractivity contribution in [3.63, 3.8) is 0 Å². The van der Waals surface area contributed by atoms with Gasteiger partial charge < -0.3 is 9.84 Å². The van der Waals surface area contributed by atoms with E-state index in [0.29, 0.717) is 12.8 Å². The average Bonchev–Trinajstić information content (AvgIpc) is 2.92. The zero-order valence-electron chi connectivity index (χ0n) is 9.67. The summed E-state index contributed by atoms with van der Waals surface area (Å²) >= 11 is 1.01. The topological polar surface area (TPSA) is 92.7 Å². The van der Waals surface area contributed by atoms with Crippen LogP contribution in [0.2, 0.25) is 0 Å². The summed E-state index contributed by atoms with van der Waals surface area (Å²) in [5, 5.41) is 10.6. The number of nitrogens with one attached hydrogen (secondary N) is 1. The zero-order valence-corrected chi connectivity index (χ0v) is 11.3. The number of carbonyl (C=O) groups is 1. The van der Waals surface area contributed by atoms with E-state index in [0.717, 1.165) is 11.3 Å². The van der Waals surface area contributed by atoms with Crippen LogP contribution >= 0.6 is 11.3 Å². The Morgan fingerprint density at radius 1 is 1.61 bits per heavy atom. The highest BCUT2D eigenvalue weighted by Crippen LogP contribution is 2.37. The molecule has 1 saturated carbocycles. The van der Waals surface area contributed by atoms with E-state index in [1.807, 2.05) is 0 Å². The number of hydrogen-bond acceptors (Lipinski definition) is 6. The minimum atomic E-state index is -3.81. The highest BCUT2D eigenvalue weighted by atomic mass is 32.2. The molecule has 1 aliphatic carbocycles. The Balaban J connectivity index is 2.31. The van der Waals surface area contributed by atoms with Crippen molar-refractivity contribution in [1.82, 2.24) is 4.72 Å². The SMILES string of the molecule is COC(=O)c1sccc1S(=O)(=O)NC1(CO)CC1. The first kappa shape index (κ1) is 13.5. The van der Waals surface area contributed by atoms with Crippen LogP contribution in [-0.2, 0) is 14.8 Å². The summed E-state index contributed by atoms with van der Waals surface area (Å²) in [6, 6.07) is 1.35. The van der Waals surface area contributed by atoms with Gasteiger partial charge in [0.2, 0.25) is 10.0 Å². The molecule has 0 amide bonds. The molecule has 0 saturated heterocycles. The van der Waals surface area contributed by atoms with E-state index < -0.39 is 21.5 Å². The van der Waals surface area contributed by atoms with Crippen molar-refractivity contribution >= 4 is 27.3 Å². The fourth-order valence-electron chi connectivity index (χ4n) is 1.53. The second-order valence-electron chi connectivity index (χ2n) is 4.15. The lowest BCUT2D eigenvalue weighted by atomic mass is 10.3. The van der Waals surface area contributed by atoms with Gasteiger partial charge in [-0.25, -0.2) is 17.9 Å². The van der Waals surface area contributed by atoms with Gasteiger partial charge in [0.1, 0.15) is 9.77 Å². The van der Waals surface area contributed by atoms with Crippen molar-refractivity contribution < 1.29 is 23.1 Å². The molecule has 0 radical (unpaired) electrons. The average molecular weight is 291 g/mol. The van der Waals surface area contributed by atoms with Crippen LogP contribution in [0.3, 0.4) is 0 Å². The number of aliphatic hydroxyl groups excluding tert-OH is 1. The molecule has 0 aliphatic heterocycles. The highest BCUT2D eigenvalue weighted by molar-refractivity contribution is 7.89. The number of methoxy groups -OCH3 is 1. The van der Waals surface area contributed by atoms with Crippen LogP contribution in [0, 0.1) is 0 Å². The van der Waals surface area contributed by atoms with Gasteiger partial charge in [0.25, 0.3) is 0 Å². The van der Waals surface area contributed by atoms with Gasteiger partial charge in [-0.1, -0.05) is 0 Å². The smallest absolute Gasteiger partial charge is 0.349 e. The number of aliphatic hydroxyl groups is 1. The normalized spacial score (nSPS) is 17.4. The molecule has 1 heterocycles. The van der Waals surface area contributed by atoms with Crippen LogP contribution in [-0.4, -0.2) is 38.7 Å². The van der Waals surface area contributed by atoms with E-state index in [9.17, 15) is 13.2 Å². The maximum Gasteiger partial charge on any atom is 0.349 e. The lowest BCUT2D eigenvalue weighted by Gasteiger charge is -2.14. The lowest BCUT2D eigenvalue weighted by molar-refractivity contribution is 0.0602. The van der Waals surface area contributed by atoms with E-state index in [1.54, 1.807) is 0 Å². The lowest BCUT2D eigenvalue weighted by Crippen LogP contribution is -2.39. The summed E-state index contributed by atoms with van der Waals surface area (Å²) in [7, 11) is -2.61. The zero-order chi connectivity index (χ0) is 13.4. The third-order valence-electron chi connectivity index (χ3n) is 2.80. The van der Waals surface area contributed by atoms with E-state index in [1.165, 1.54) is 18.6 Å². The molecule has 6 nitrogen and oxygen atoms in total. The molecule has 0 aromatic carbocycles. The van der Waals surface area contributed by atoms with Crippen LogP contribution in [0.1, 0.15) is 22.5 Å². The number of esters is 1. The minimum absolute atomic E-state index is 0.0405. The number of thiophene rings is 1. The van der Waals surface area contributed by atoms with Gasteiger partial charge in [-0.15, -0.1) is 11.3 Å². The molecule has 1 aromatic heterocycles. The monoisotopic (exact) mass is 291 g/mol. The summed E-state index contributed by atoms with van der Waals surface area (Å²) in [6.07, 6.45) is 1.20. The molecule has 1 aromatic rings. The Kier molecular flexibility index (Phi) is 3.45. The van der Waals surface area contributed by atoms with Crippen molar-refractivity contribution in [3.8, 4) is 0 Å². The standard InChI is InChI=1S/C10H13NO5S2/c1-16-9(13)8-7(2-5-17-8)18(14,15)11-10(6-12)3-4-10/h2,5,11-12H,3-4,6H2,1H3. The van der Waals surface area contributed by atoms with Crippen molar-refractivity contribution in [3.05, 3.63) is 16.3 Å². The van der Waals surface area contributed by atoms with Gasteiger partial charge in [0, 0.05) is 0 Å². The van der Waals surface area contributed by atoms with Gasteiger partial charge in [-0.2, -0.15) is 0 Å². The summed E-state index contributed by atoms with van der Waals surface area (Å²) in [5.41, 5.74) is -0.756. The van der Waals surface area contributed by atoms with Crippen molar-refractivity contribution in [1.29, 1.82) is 0 Å². The molecule has 0 spiro atoms. The first-order chi connectivity index (χ1) is 8.44. The minimum Gasteiger partial charge on any atom is -0.465 e. The third-order valence-corrected chi connectivity index (χ3v) is 5.44. The molecule has 0 atom stereocenters. The molecule has 8 heteroatoms. The summed E-state index contributed by atoms with van der Waals surface area (Å²) in [6.45, 7) is -0.246. The quantitative estimate of drug-likeness (QED) is 0.763. The molecule has 2 rings (SSSR count). The summed E-state index contributed by atoms with van der Waals surface area (Å²) < 4.78 is 31.2. The number of ether oxygens (including phenoxy) is 1. The predicted molar refractivity (Wildman–Crippen MR) is 65.0 cm³/mol. The van der Waals surface area contributed by atoms with Crippen LogP contribution < -0.4 is 4.72 Å². The fourth-order valence-corrected chi connectivity index (χ4v) is 4.32. The van der Waals surface area contributed by atoms with Crippen molar-refractivity contribution in [2.75, 3.05) is 13.7 Å². The van der Waals surface area contributed by atoms with Crippen molar-refractivity contribution in [2.45, 2.75) is 23.3 Å². The summed E-state index contributed by atoms with van der Waals surface area (Å²) in [4.78, 5) is 11.4. The first-order valence-corrected chi connectivity index (χ1v) is 7.61. The van der Waals surface area contributed by atoms with E-state index >= 15 is 0 Å². The van der Waals surface area contributed by atoms with Gasteiger partial charge in [-0.05, 0) is 24.3 Å². The molecular weight excluding hydrogens is 278 g/mol. The van der Waals surface area contributed by atoms with Gasteiger partial charge in [0.05, 0.1) is 19.3 Å². The van der Waals surface area contributed by atoms with Crippen LogP contribution in [0.4, 0.5) is 0 Å². The van der Waals surface area contributed by atoms with Crippen LogP contribution in [0.5, 0.6) is 0 Å². The molecular formula is C10H13NO5S2. The van der Waals surface area contributed by atoms with Gasteiger partial charge in [-0.3, -0.25) is 0 Å². The molecule has 1 aliphatic rings. The predicted octanol–water partition coefficient (Wildman–Crippen LogP) is 0.338. The van der Waals surface area contributed by atoms with Crippen LogP contribution in [0.25, 0.3) is 0 Å². The van der Waals surface area contributed by atoms with E-state index in [2.05, 4.69) is 9.46 Å². The Hall–Kier alpha value is -0.960. The maximum atomic E-state index is 12.1. The second kappa shape index (κ2) is 4.61. The number of rotatable bonds is 5. The first-order valence-electron chi connectivity index (χ1n) is 5.25. The fraction of sp³-hybridized carbons (Fsp3) is 0.500. The van der Waals surface area contributed by atoms with Crippen molar-refractivity contribution in [2.24, 2.45) is 0 Å². The molecule has 18 heavy (non-hydrogen) atoms. The van der Waals surface area contributed by atoms with Gasteiger partial charge >= 0.3 is 5.97 Å². The molecule has 0 bridgehead atoms. The second-order valence-corrected chi connectivity index (χ2v) is 6.72. The number of hydrogen-bond donors (Lipinski definition) is 2. The van der Waals surface area contributed by atoms with Gasteiger partial charge in [0.15, 0.2) is 0 Å². The largest absolute Gasteiger partial charge is 0.465 e. The molecule has 100 valence electrons. The third kappa shape index (κ3) is 2.41. The maximum absolute atomic E-state index is 12.1. The number of sulfonamides is 1. The molecule has 1 fully saturated rings. The number of carbonyl (C=O) groups excluding carboxylic acids is 1. The Morgan fingerprint density at radius 3 is 2.78 bits per heavy atom. The summed E-state index contributed by atoms with van der Waals surface area (Å²) in [5.74, 6) is -0.681.